The summed E-state index contributed by atoms with van der Waals surface area (Å²) in [4.78, 5) is 23.6. The number of esters is 1. The average Bonchev–Trinajstić information content (AvgIpc) is 2.56. The number of carbonyl (C=O) groups is 1. The first-order valence-corrected chi connectivity index (χ1v) is 8.41. The highest BCUT2D eigenvalue weighted by Gasteiger charge is 2.12. The number of carbonyl (C=O) groups excluding carboxylic acids is 1. The second kappa shape index (κ2) is 8.52. The predicted octanol–water partition coefficient (Wildman–Crippen LogP) is 3.78. The minimum atomic E-state index is -0.429. The minimum absolute atomic E-state index is 0.169. The number of fused-ring (bicyclic) bond motifs is 1. The maximum absolute atomic E-state index is 12.2. The van der Waals surface area contributed by atoms with E-state index in [1.54, 1.807) is 19.1 Å². The van der Waals surface area contributed by atoms with Crippen molar-refractivity contribution in [3.05, 3.63) is 39.7 Å². The summed E-state index contributed by atoms with van der Waals surface area (Å²) in [5.74, 6) is 0.0401. The van der Waals surface area contributed by atoms with E-state index in [-0.39, 0.29) is 12.2 Å². The van der Waals surface area contributed by atoms with Gasteiger partial charge in [0, 0.05) is 17.0 Å². The highest BCUT2D eigenvalue weighted by molar-refractivity contribution is 5.82. The summed E-state index contributed by atoms with van der Waals surface area (Å²) in [5.41, 5.74) is 1.88. The van der Waals surface area contributed by atoms with Crippen molar-refractivity contribution < 1.29 is 18.7 Å². The molecule has 0 amide bonds. The summed E-state index contributed by atoms with van der Waals surface area (Å²) < 4.78 is 15.6. The Labute approximate surface area is 141 Å². The van der Waals surface area contributed by atoms with Crippen molar-refractivity contribution in [1.82, 2.24) is 0 Å². The first-order chi connectivity index (χ1) is 11.6. The standard InChI is InChI=1S/C19H24O5/c1-4-6-7-8-16-13(3)15-10-9-14(11-17(15)24-19(16)21)23-12-18(20)22-5-2/h9-11H,4-8,12H2,1-3H3. The van der Waals surface area contributed by atoms with Crippen molar-refractivity contribution in [2.45, 2.75) is 46.5 Å². The molecule has 0 unspecified atom stereocenters. The van der Waals surface area contributed by atoms with E-state index in [0.29, 0.717) is 17.9 Å². The third kappa shape index (κ3) is 4.37. The number of hydrogen-bond acceptors (Lipinski definition) is 5. The molecule has 0 bridgehead atoms. The maximum atomic E-state index is 12.2. The largest absolute Gasteiger partial charge is 0.482 e. The molecular formula is C19H24O5. The van der Waals surface area contributed by atoms with Crippen molar-refractivity contribution in [1.29, 1.82) is 0 Å². The van der Waals surface area contributed by atoms with Crippen molar-refractivity contribution in [3.8, 4) is 5.75 Å². The zero-order valence-corrected chi connectivity index (χ0v) is 14.5. The molecule has 130 valence electrons. The fraction of sp³-hybridized carbons (Fsp3) is 0.474. The average molecular weight is 332 g/mol. The zero-order valence-electron chi connectivity index (χ0n) is 14.5. The molecular weight excluding hydrogens is 308 g/mol. The lowest BCUT2D eigenvalue weighted by molar-refractivity contribution is -0.145. The second-order valence-electron chi connectivity index (χ2n) is 5.70. The molecule has 1 aromatic heterocycles. The number of unbranched alkanes of at least 4 members (excludes halogenated alkanes) is 2. The lowest BCUT2D eigenvalue weighted by Crippen LogP contribution is -2.14. The van der Waals surface area contributed by atoms with Crippen LogP contribution in [0.2, 0.25) is 0 Å². The van der Waals surface area contributed by atoms with E-state index >= 15 is 0 Å². The molecule has 5 nitrogen and oxygen atoms in total. The van der Waals surface area contributed by atoms with E-state index in [1.807, 2.05) is 13.0 Å². The molecule has 0 saturated heterocycles. The van der Waals surface area contributed by atoms with Crippen LogP contribution >= 0.6 is 0 Å². The van der Waals surface area contributed by atoms with Gasteiger partial charge in [0.2, 0.25) is 0 Å². The summed E-state index contributed by atoms with van der Waals surface area (Å²) in [5, 5.41) is 0.893. The van der Waals surface area contributed by atoms with Crippen LogP contribution in [0.1, 0.15) is 44.2 Å². The van der Waals surface area contributed by atoms with Crippen LogP contribution in [-0.4, -0.2) is 19.2 Å². The normalized spacial score (nSPS) is 10.8. The number of hydrogen-bond donors (Lipinski definition) is 0. The van der Waals surface area contributed by atoms with Gasteiger partial charge in [0.05, 0.1) is 6.61 Å². The summed E-state index contributed by atoms with van der Waals surface area (Å²) in [7, 11) is 0. The van der Waals surface area contributed by atoms with Crippen LogP contribution in [0.15, 0.2) is 27.4 Å². The first-order valence-electron chi connectivity index (χ1n) is 8.41. The molecule has 0 fully saturated rings. The molecule has 1 heterocycles. The molecule has 0 aliphatic heterocycles. The molecule has 0 saturated carbocycles. The molecule has 0 radical (unpaired) electrons. The summed E-state index contributed by atoms with van der Waals surface area (Å²) >= 11 is 0. The van der Waals surface area contributed by atoms with Crippen molar-refractivity contribution in [2.24, 2.45) is 0 Å². The highest BCUT2D eigenvalue weighted by Crippen LogP contribution is 2.25. The maximum Gasteiger partial charge on any atom is 0.344 e. The zero-order chi connectivity index (χ0) is 17.5. The van der Waals surface area contributed by atoms with Gasteiger partial charge in [-0.2, -0.15) is 0 Å². The summed E-state index contributed by atoms with van der Waals surface area (Å²) in [6.45, 7) is 5.96. The van der Waals surface area contributed by atoms with Gasteiger partial charge in [0.1, 0.15) is 11.3 Å². The molecule has 1 aromatic carbocycles. The van der Waals surface area contributed by atoms with Crippen LogP contribution in [0, 0.1) is 6.92 Å². The smallest absolute Gasteiger partial charge is 0.344 e. The molecule has 0 N–H and O–H groups in total. The van der Waals surface area contributed by atoms with Crippen LogP contribution in [0.3, 0.4) is 0 Å². The van der Waals surface area contributed by atoms with Gasteiger partial charge in [0.25, 0.3) is 0 Å². The van der Waals surface area contributed by atoms with Crippen LogP contribution in [-0.2, 0) is 16.0 Å². The van der Waals surface area contributed by atoms with E-state index in [4.69, 9.17) is 13.9 Å². The molecule has 5 heteroatoms. The van der Waals surface area contributed by atoms with Crippen LogP contribution < -0.4 is 10.4 Å². The Balaban J connectivity index is 2.22. The van der Waals surface area contributed by atoms with Gasteiger partial charge in [-0.05, 0) is 44.4 Å². The Morgan fingerprint density at radius 3 is 2.71 bits per heavy atom. The van der Waals surface area contributed by atoms with Gasteiger partial charge >= 0.3 is 11.6 Å². The quantitative estimate of drug-likeness (QED) is 0.418. The Bertz CT molecular complexity index is 760. The number of aryl methyl sites for hydroxylation is 1. The van der Waals surface area contributed by atoms with Crippen LogP contribution in [0.5, 0.6) is 5.75 Å². The van der Waals surface area contributed by atoms with E-state index in [1.165, 1.54) is 0 Å². The number of rotatable bonds is 8. The van der Waals surface area contributed by atoms with Crippen molar-refractivity contribution in [2.75, 3.05) is 13.2 Å². The first kappa shape index (κ1) is 18.0. The SMILES string of the molecule is CCCCCc1c(C)c2ccc(OCC(=O)OCC)cc2oc1=O. The highest BCUT2D eigenvalue weighted by atomic mass is 16.6. The fourth-order valence-corrected chi connectivity index (χ4v) is 2.65. The summed E-state index contributed by atoms with van der Waals surface area (Å²) in [6.07, 6.45) is 3.92. The molecule has 0 aliphatic carbocycles. The van der Waals surface area contributed by atoms with Crippen LogP contribution in [0.25, 0.3) is 11.0 Å². The Morgan fingerprint density at radius 1 is 1.21 bits per heavy atom. The van der Waals surface area contributed by atoms with Crippen molar-refractivity contribution in [3.63, 3.8) is 0 Å². The Morgan fingerprint density at radius 2 is 2.00 bits per heavy atom. The molecule has 2 aromatic rings. The third-order valence-electron chi connectivity index (χ3n) is 3.95. The van der Waals surface area contributed by atoms with E-state index < -0.39 is 5.97 Å². The molecule has 0 spiro atoms. The minimum Gasteiger partial charge on any atom is -0.482 e. The molecule has 0 aliphatic rings. The number of benzene rings is 1. The Hall–Kier alpha value is -2.30. The monoisotopic (exact) mass is 332 g/mol. The topological polar surface area (TPSA) is 65.7 Å². The predicted molar refractivity (Wildman–Crippen MR) is 92.6 cm³/mol. The van der Waals surface area contributed by atoms with Gasteiger partial charge in [-0.1, -0.05) is 19.8 Å². The second-order valence-corrected chi connectivity index (χ2v) is 5.70. The van der Waals surface area contributed by atoms with E-state index in [0.717, 1.165) is 42.2 Å². The van der Waals surface area contributed by atoms with Gasteiger partial charge < -0.3 is 13.9 Å². The lowest BCUT2D eigenvalue weighted by Gasteiger charge is -2.10. The third-order valence-corrected chi connectivity index (χ3v) is 3.95. The van der Waals surface area contributed by atoms with E-state index in [9.17, 15) is 9.59 Å². The Kier molecular flexibility index (Phi) is 6.41. The number of ether oxygens (including phenoxy) is 2. The fourth-order valence-electron chi connectivity index (χ4n) is 2.65. The lowest BCUT2D eigenvalue weighted by atomic mass is 10.0. The molecule has 24 heavy (non-hydrogen) atoms. The van der Waals surface area contributed by atoms with E-state index in [2.05, 4.69) is 6.92 Å². The van der Waals surface area contributed by atoms with Gasteiger partial charge in [-0.15, -0.1) is 0 Å². The molecule has 2 rings (SSSR count). The van der Waals surface area contributed by atoms with Gasteiger partial charge in [0.15, 0.2) is 6.61 Å². The van der Waals surface area contributed by atoms with Gasteiger partial charge in [-0.25, -0.2) is 9.59 Å². The summed E-state index contributed by atoms with van der Waals surface area (Å²) in [6, 6.07) is 5.26. The van der Waals surface area contributed by atoms with Crippen LogP contribution in [0.4, 0.5) is 0 Å². The molecule has 0 atom stereocenters. The van der Waals surface area contributed by atoms with Crippen molar-refractivity contribution >= 4 is 16.9 Å². The van der Waals surface area contributed by atoms with Gasteiger partial charge in [-0.3, -0.25) is 0 Å².